The van der Waals surface area contributed by atoms with E-state index in [4.69, 9.17) is 0 Å². The summed E-state index contributed by atoms with van der Waals surface area (Å²) in [6.07, 6.45) is 25.0. The molecule has 0 heterocycles. The summed E-state index contributed by atoms with van der Waals surface area (Å²) in [7, 11) is 0. The quantitative estimate of drug-likeness (QED) is 0.408. The zero-order chi connectivity index (χ0) is 21.6. The van der Waals surface area contributed by atoms with E-state index < -0.39 is 0 Å². The number of hydrogen-bond donors (Lipinski definition) is 0. The zero-order valence-electron chi connectivity index (χ0n) is 20.9. The van der Waals surface area contributed by atoms with E-state index in [1.165, 1.54) is 77.0 Å². The van der Waals surface area contributed by atoms with Gasteiger partial charge < -0.3 is 0 Å². The zero-order valence-corrected chi connectivity index (χ0v) is 20.9. The molecule has 2 fully saturated rings. The summed E-state index contributed by atoms with van der Waals surface area (Å²) in [6.45, 7) is 19.1. The lowest BCUT2D eigenvalue weighted by Crippen LogP contribution is -2.12. The van der Waals surface area contributed by atoms with Gasteiger partial charge in [-0.1, -0.05) is 118 Å². The molecule has 2 saturated carbocycles. The third-order valence-corrected chi connectivity index (χ3v) is 6.07. The van der Waals surface area contributed by atoms with E-state index in [-0.39, 0.29) is 0 Å². The van der Waals surface area contributed by atoms with Crippen LogP contribution in [-0.4, -0.2) is 0 Å². The van der Waals surface area contributed by atoms with Crippen molar-refractivity contribution in [2.24, 2.45) is 23.7 Å². The highest BCUT2D eigenvalue weighted by Gasteiger charge is 2.18. The fourth-order valence-corrected chi connectivity index (χ4v) is 3.27. The van der Waals surface area contributed by atoms with Crippen molar-refractivity contribution < 1.29 is 0 Å². The van der Waals surface area contributed by atoms with Crippen molar-refractivity contribution in [1.82, 2.24) is 0 Å². The highest BCUT2D eigenvalue weighted by molar-refractivity contribution is 4.95. The van der Waals surface area contributed by atoms with Crippen LogP contribution in [0.3, 0.4) is 0 Å². The second-order valence-corrected chi connectivity index (χ2v) is 9.12. The lowest BCUT2D eigenvalue weighted by molar-refractivity contribution is 0.318. The summed E-state index contributed by atoms with van der Waals surface area (Å²) in [6, 6.07) is 0. The van der Waals surface area contributed by atoms with Crippen LogP contribution in [0, 0.1) is 23.7 Å². The van der Waals surface area contributed by atoms with Crippen LogP contribution in [0.15, 0.2) is 24.8 Å². The van der Waals surface area contributed by atoms with Crippen molar-refractivity contribution in [3.05, 3.63) is 24.8 Å². The summed E-state index contributed by atoms with van der Waals surface area (Å²) in [5.41, 5.74) is 0. The molecule has 0 saturated heterocycles. The average molecular weight is 393 g/mol. The number of rotatable bonds is 5. The molecule has 168 valence electrons. The predicted octanol–water partition coefficient (Wildman–Crippen LogP) is 10.4. The van der Waals surface area contributed by atoms with Gasteiger partial charge in [-0.2, -0.15) is 0 Å². The van der Waals surface area contributed by atoms with E-state index in [0.717, 1.165) is 30.1 Å². The fourth-order valence-electron chi connectivity index (χ4n) is 3.27. The molecule has 0 N–H and O–H groups in total. The fraction of sp³-hybridized carbons (Fsp3) is 0.857. The molecule has 0 aromatic carbocycles. The smallest absolute Gasteiger partial charge is 0.0233 e. The van der Waals surface area contributed by atoms with Gasteiger partial charge in [0.05, 0.1) is 0 Å². The van der Waals surface area contributed by atoms with Crippen molar-refractivity contribution in [1.29, 1.82) is 0 Å². The largest absolute Gasteiger partial charge is 0.103 e. The Morgan fingerprint density at radius 1 is 0.571 bits per heavy atom. The van der Waals surface area contributed by atoms with Gasteiger partial charge in [-0.25, -0.2) is 0 Å². The minimum atomic E-state index is 0.913. The Bertz CT molecular complexity index is 279. The van der Waals surface area contributed by atoms with E-state index in [1.54, 1.807) is 0 Å². The maximum Gasteiger partial charge on any atom is -0.0233 e. The van der Waals surface area contributed by atoms with Crippen LogP contribution >= 0.6 is 0 Å². The molecule has 0 spiro atoms. The monoisotopic (exact) mass is 392 g/mol. The average Bonchev–Trinajstić information content (AvgIpc) is 2.75. The second-order valence-electron chi connectivity index (χ2n) is 9.12. The van der Waals surface area contributed by atoms with Gasteiger partial charge in [0.1, 0.15) is 0 Å². The van der Waals surface area contributed by atoms with Gasteiger partial charge in [0, 0.05) is 0 Å². The Labute approximate surface area is 180 Å². The molecular weight excluding hydrogens is 336 g/mol. The van der Waals surface area contributed by atoms with E-state index in [9.17, 15) is 0 Å². The summed E-state index contributed by atoms with van der Waals surface area (Å²) < 4.78 is 0. The standard InChI is InChI=1S/C16H28.2C4H10.C4H8/c1-13-3-7-15(8-4-13)11-12-16-9-5-14(2)6-10-16;3*1-3-4-2/h11-16H,3-10H2,1-2H3;2*3-4H2,1-2H3;3H,1,4H2,2H3/b12-11+;;;. The molecule has 0 unspecified atom stereocenters. The molecule has 2 aliphatic carbocycles. The minimum absolute atomic E-state index is 0.913. The van der Waals surface area contributed by atoms with E-state index in [0.29, 0.717) is 0 Å². The first-order chi connectivity index (χ1) is 13.5. The molecule has 0 radical (unpaired) electrons. The lowest BCUT2D eigenvalue weighted by atomic mass is 9.80. The lowest BCUT2D eigenvalue weighted by Gasteiger charge is -2.26. The van der Waals surface area contributed by atoms with Crippen molar-refractivity contribution in [3.63, 3.8) is 0 Å². The molecule has 2 aliphatic rings. The van der Waals surface area contributed by atoms with Crippen LogP contribution in [0.5, 0.6) is 0 Å². The van der Waals surface area contributed by atoms with Crippen LogP contribution in [0.25, 0.3) is 0 Å². The van der Waals surface area contributed by atoms with Crippen molar-refractivity contribution >= 4 is 0 Å². The number of allylic oxidation sites excluding steroid dienone is 3. The normalized spacial score (nSPS) is 26.7. The van der Waals surface area contributed by atoms with Gasteiger partial charge in [-0.05, 0) is 55.8 Å². The molecule has 0 amide bonds. The number of unbranched alkanes of at least 4 members (excludes halogenated alkanes) is 2. The molecule has 0 bridgehead atoms. The third-order valence-electron chi connectivity index (χ3n) is 6.07. The van der Waals surface area contributed by atoms with E-state index in [1.807, 2.05) is 6.08 Å². The van der Waals surface area contributed by atoms with Gasteiger partial charge in [-0.3, -0.25) is 0 Å². The first-order valence-electron chi connectivity index (χ1n) is 12.8. The second kappa shape index (κ2) is 22.8. The Hall–Kier alpha value is -0.520. The van der Waals surface area contributed by atoms with E-state index in [2.05, 4.69) is 67.2 Å². The Morgan fingerprint density at radius 2 is 0.821 bits per heavy atom. The van der Waals surface area contributed by atoms with Gasteiger partial charge >= 0.3 is 0 Å². The molecule has 0 aromatic heterocycles. The maximum absolute atomic E-state index is 3.48. The SMILES string of the molecule is C=CCC.CC1CCC(/C=C/C2CCC(C)CC2)CC1.CCCC.CCCC. The predicted molar refractivity (Wildman–Crippen MR) is 133 cm³/mol. The summed E-state index contributed by atoms with van der Waals surface area (Å²) in [4.78, 5) is 0. The molecule has 28 heavy (non-hydrogen) atoms. The summed E-state index contributed by atoms with van der Waals surface area (Å²) in [5.74, 6) is 3.80. The third kappa shape index (κ3) is 20.2. The molecule has 0 aliphatic heterocycles. The molecule has 0 nitrogen and oxygen atoms in total. The summed E-state index contributed by atoms with van der Waals surface area (Å²) in [5, 5.41) is 0. The highest BCUT2D eigenvalue weighted by atomic mass is 14.2. The van der Waals surface area contributed by atoms with E-state index >= 15 is 0 Å². The van der Waals surface area contributed by atoms with Crippen LogP contribution < -0.4 is 0 Å². The van der Waals surface area contributed by atoms with Crippen molar-refractivity contribution in [2.45, 2.75) is 132 Å². The molecule has 0 heteroatoms. The van der Waals surface area contributed by atoms with Gasteiger partial charge in [0.25, 0.3) is 0 Å². The molecule has 0 atom stereocenters. The summed E-state index contributed by atoms with van der Waals surface area (Å²) >= 11 is 0. The van der Waals surface area contributed by atoms with Gasteiger partial charge in [-0.15, -0.1) is 6.58 Å². The topological polar surface area (TPSA) is 0 Å². The first kappa shape index (κ1) is 29.7. The first-order valence-corrected chi connectivity index (χ1v) is 12.8. The van der Waals surface area contributed by atoms with Crippen LogP contribution in [0.4, 0.5) is 0 Å². The van der Waals surface area contributed by atoms with Gasteiger partial charge in [0.2, 0.25) is 0 Å². The number of hydrogen-bond acceptors (Lipinski definition) is 0. The Kier molecular flexibility index (Phi) is 24.1. The van der Waals surface area contributed by atoms with Crippen LogP contribution in [0.1, 0.15) is 132 Å². The maximum atomic E-state index is 3.48. The Morgan fingerprint density at radius 3 is 1.00 bits per heavy atom. The minimum Gasteiger partial charge on any atom is -0.103 e. The van der Waals surface area contributed by atoms with Crippen molar-refractivity contribution in [3.8, 4) is 0 Å². The van der Waals surface area contributed by atoms with Gasteiger partial charge in [0.15, 0.2) is 0 Å². The van der Waals surface area contributed by atoms with Crippen LogP contribution in [0.2, 0.25) is 0 Å². The van der Waals surface area contributed by atoms with Crippen molar-refractivity contribution in [2.75, 3.05) is 0 Å². The highest BCUT2D eigenvalue weighted by Crippen LogP contribution is 2.32. The molecular formula is C28H56. The Balaban J connectivity index is 0. The van der Waals surface area contributed by atoms with Crippen LogP contribution in [-0.2, 0) is 0 Å². The molecule has 0 aromatic rings. The molecule has 2 rings (SSSR count).